The van der Waals surface area contributed by atoms with E-state index in [1.165, 1.54) is 0 Å². The predicted molar refractivity (Wildman–Crippen MR) is 183 cm³/mol. The van der Waals surface area contributed by atoms with Crippen LogP contribution in [-0.4, -0.2) is 0 Å². The maximum atomic E-state index is 9.57. The summed E-state index contributed by atoms with van der Waals surface area (Å²) < 4.78 is 122. The lowest BCUT2D eigenvalue weighted by Gasteiger charge is -2.19. The molecular weight excluding hydrogens is 520 g/mol. The molecule has 9 rings (SSSR count). The first-order valence-electron chi connectivity index (χ1n) is 20.2. The Labute approximate surface area is 267 Å². The van der Waals surface area contributed by atoms with Crippen molar-refractivity contribution in [1.82, 2.24) is 0 Å². The molecule has 0 saturated carbocycles. The number of para-hydroxylation sites is 1. The minimum Gasteiger partial charge on any atom is -0.456 e. The highest BCUT2D eigenvalue weighted by Gasteiger charge is 2.19. The first-order valence-corrected chi connectivity index (χ1v) is 13.7. The van der Waals surface area contributed by atoms with Gasteiger partial charge < -0.3 is 4.42 Å². The average molecular weight is 560 g/mol. The van der Waals surface area contributed by atoms with Crippen LogP contribution in [0.1, 0.15) is 17.8 Å². The molecule has 0 amide bonds. The van der Waals surface area contributed by atoms with E-state index in [1.807, 2.05) is 0 Å². The van der Waals surface area contributed by atoms with E-state index < -0.39 is 42.3 Å². The fraction of sp³-hybridized carbons (Fsp3) is 0. The zero-order chi connectivity index (χ0) is 39.6. The van der Waals surface area contributed by atoms with Crippen LogP contribution in [-0.2, 0) is 0 Å². The minimum atomic E-state index is -0.530. The summed E-state index contributed by atoms with van der Waals surface area (Å²) in [6.07, 6.45) is 0. The predicted octanol–water partition coefficient (Wildman–Crippen LogP) is 12.0. The number of furan rings is 1. The molecule has 8 aromatic carbocycles. The van der Waals surface area contributed by atoms with Crippen LogP contribution in [0.3, 0.4) is 0 Å². The molecule has 0 N–H and O–H groups in total. The Morgan fingerprint density at radius 2 is 0.907 bits per heavy atom. The van der Waals surface area contributed by atoms with E-state index in [9.17, 15) is 8.22 Å². The van der Waals surface area contributed by atoms with Gasteiger partial charge in [0.15, 0.2) is 0 Å². The molecule has 0 unspecified atom stereocenters. The SMILES string of the molecule is [2H]c1c([2H])c([2H])c2c(oc3c([2H])c(-c4c5ccccc5c(-c5c([2H])c([2H])c(-c6ccccc6)c6c([2H])c([2H])c([2H])c([2H])c56)c5ccccc45)c([2H])c([2H])c32)c1[2H]. The second-order valence-corrected chi connectivity index (χ2v) is 10.2. The molecular formula is C42H26O. The molecule has 1 aromatic heterocycles. The molecule has 43 heavy (non-hydrogen) atoms. The van der Waals surface area contributed by atoms with Gasteiger partial charge in [0.2, 0.25) is 0 Å². The van der Waals surface area contributed by atoms with Crippen molar-refractivity contribution in [3.63, 3.8) is 0 Å². The van der Waals surface area contributed by atoms with Gasteiger partial charge in [0, 0.05) is 10.8 Å². The van der Waals surface area contributed by atoms with Crippen LogP contribution in [0.2, 0.25) is 0 Å². The average Bonchev–Trinajstić information content (AvgIpc) is 3.62. The van der Waals surface area contributed by atoms with Crippen molar-refractivity contribution in [2.75, 3.05) is 0 Å². The van der Waals surface area contributed by atoms with Crippen molar-refractivity contribution in [2.24, 2.45) is 0 Å². The Kier molecular flexibility index (Phi) is 3.18. The molecule has 0 fully saturated rings. The molecule has 0 radical (unpaired) electrons. The van der Waals surface area contributed by atoms with Crippen molar-refractivity contribution in [3.8, 4) is 33.4 Å². The lowest BCUT2D eigenvalue weighted by molar-refractivity contribution is 0.669. The van der Waals surface area contributed by atoms with Crippen LogP contribution < -0.4 is 0 Å². The maximum Gasteiger partial charge on any atom is 0.136 e. The third-order valence-electron chi connectivity index (χ3n) is 7.88. The molecule has 0 bridgehead atoms. The fourth-order valence-electron chi connectivity index (χ4n) is 6.04. The van der Waals surface area contributed by atoms with E-state index in [4.69, 9.17) is 14.0 Å². The smallest absolute Gasteiger partial charge is 0.136 e. The summed E-state index contributed by atoms with van der Waals surface area (Å²) in [6, 6.07) is 17.6. The number of hydrogen-bond donors (Lipinski definition) is 0. The Morgan fingerprint density at radius 3 is 1.60 bits per heavy atom. The molecule has 0 saturated heterocycles. The second-order valence-electron chi connectivity index (χ2n) is 10.2. The molecule has 0 spiro atoms. The monoisotopic (exact) mass is 559 g/mol. The van der Waals surface area contributed by atoms with Gasteiger partial charge >= 0.3 is 0 Å². The second kappa shape index (κ2) is 9.44. The van der Waals surface area contributed by atoms with E-state index in [1.54, 1.807) is 78.9 Å². The van der Waals surface area contributed by atoms with Crippen LogP contribution in [0.15, 0.2) is 162 Å². The normalized spacial score (nSPS) is 16.0. The summed E-state index contributed by atoms with van der Waals surface area (Å²) in [5, 5.41) is 1.95. The molecule has 0 aliphatic heterocycles. The summed E-state index contributed by atoms with van der Waals surface area (Å²) in [5.74, 6) is 0. The molecule has 1 nitrogen and oxygen atoms in total. The van der Waals surface area contributed by atoms with Crippen LogP contribution in [0, 0.1) is 0 Å². The van der Waals surface area contributed by atoms with Crippen LogP contribution >= 0.6 is 0 Å². The highest BCUT2D eigenvalue weighted by molar-refractivity contribution is 6.24. The van der Waals surface area contributed by atoms with Gasteiger partial charge in [0.1, 0.15) is 11.2 Å². The van der Waals surface area contributed by atoms with Crippen molar-refractivity contribution >= 4 is 54.3 Å². The van der Waals surface area contributed by atoms with Crippen molar-refractivity contribution in [1.29, 1.82) is 0 Å². The summed E-state index contributed by atoms with van der Waals surface area (Å²) in [4.78, 5) is 0. The molecule has 1 heterocycles. The quantitative estimate of drug-likeness (QED) is 0.196. The topological polar surface area (TPSA) is 13.1 Å². The Hall–Kier alpha value is -5.66. The summed E-state index contributed by atoms with van der Waals surface area (Å²) in [5.41, 5.74) is 1.22. The van der Waals surface area contributed by atoms with Crippen molar-refractivity contribution < 1.29 is 22.2 Å². The van der Waals surface area contributed by atoms with Gasteiger partial charge in [0.25, 0.3) is 0 Å². The lowest BCUT2D eigenvalue weighted by atomic mass is 9.83. The number of fused-ring (bicyclic) bond motifs is 6. The van der Waals surface area contributed by atoms with Gasteiger partial charge in [-0.25, -0.2) is 0 Å². The summed E-state index contributed by atoms with van der Waals surface area (Å²) in [6.45, 7) is 0. The van der Waals surface area contributed by atoms with Crippen LogP contribution in [0.4, 0.5) is 0 Å². The van der Waals surface area contributed by atoms with E-state index >= 15 is 0 Å². The number of benzene rings is 8. The van der Waals surface area contributed by atoms with E-state index in [-0.39, 0.29) is 85.7 Å². The Balaban J connectivity index is 1.48. The van der Waals surface area contributed by atoms with Crippen molar-refractivity contribution in [2.45, 2.75) is 0 Å². The van der Waals surface area contributed by atoms with Crippen LogP contribution in [0.25, 0.3) is 87.6 Å². The van der Waals surface area contributed by atoms with E-state index in [2.05, 4.69) is 0 Å². The molecule has 0 aliphatic carbocycles. The zero-order valence-electron chi connectivity index (χ0n) is 35.4. The van der Waals surface area contributed by atoms with Gasteiger partial charge in [-0.05, 0) is 83.8 Å². The van der Waals surface area contributed by atoms with Gasteiger partial charge in [-0.3, -0.25) is 0 Å². The molecule has 200 valence electrons. The lowest BCUT2D eigenvalue weighted by Crippen LogP contribution is -1.92. The Bertz CT molecular complexity index is 3170. The fourth-order valence-corrected chi connectivity index (χ4v) is 6.04. The van der Waals surface area contributed by atoms with Gasteiger partial charge in [0.05, 0.1) is 17.8 Å². The van der Waals surface area contributed by atoms with Crippen molar-refractivity contribution in [3.05, 3.63) is 157 Å². The largest absolute Gasteiger partial charge is 0.456 e. The van der Waals surface area contributed by atoms with E-state index in [0.717, 1.165) is 0 Å². The van der Waals surface area contributed by atoms with E-state index in [0.29, 0.717) is 38.2 Å². The summed E-state index contributed by atoms with van der Waals surface area (Å²) >= 11 is 0. The first-order chi connectivity index (χ1) is 26.8. The minimum absolute atomic E-state index is 0.00856. The zero-order valence-corrected chi connectivity index (χ0v) is 22.4. The number of rotatable bonds is 3. The third kappa shape index (κ3) is 3.65. The highest BCUT2D eigenvalue weighted by atomic mass is 16.3. The molecule has 1 heteroatoms. The number of hydrogen-bond acceptors (Lipinski definition) is 1. The maximum absolute atomic E-state index is 9.57. The summed E-state index contributed by atoms with van der Waals surface area (Å²) in [7, 11) is 0. The van der Waals surface area contributed by atoms with Crippen LogP contribution in [0.5, 0.6) is 0 Å². The van der Waals surface area contributed by atoms with Gasteiger partial charge in [-0.1, -0.05) is 139 Å². The van der Waals surface area contributed by atoms with Gasteiger partial charge in [-0.15, -0.1) is 0 Å². The molecule has 0 aliphatic rings. The van der Waals surface area contributed by atoms with Gasteiger partial charge in [-0.2, -0.15) is 0 Å². The standard InChI is InChI=1S/C42H26O/c1-2-12-27(13-3-1)29-24-25-38(31-15-5-4-14-30(29)31)42-36-19-8-6-17-34(36)41(35-18-7-9-20-37(35)42)28-22-23-33-32-16-10-11-21-39(32)43-40(33)26-28/h1-26H/i4D,5D,10D,11D,14D,15D,16D,21D,22D,23D,24D,25D,26D. The Morgan fingerprint density at radius 1 is 0.372 bits per heavy atom. The molecule has 9 aromatic rings. The third-order valence-corrected chi connectivity index (χ3v) is 7.88. The highest BCUT2D eigenvalue weighted by Crippen LogP contribution is 2.47. The molecule has 0 atom stereocenters. The first kappa shape index (κ1) is 14.5.